The molecule has 0 unspecified atom stereocenters. The normalized spacial score (nSPS) is 11.1. The van der Waals surface area contributed by atoms with E-state index in [9.17, 15) is 4.79 Å². The molecule has 0 atom stereocenters. The zero-order valence-corrected chi connectivity index (χ0v) is 10.8. The monoisotopic (exact) mass is 222 g/mol. The van der Waals surface area contributed by atoms with E-state index in [-0.39, 0.29) is 5.92 Å². The van der Waals surface area contributed by atoms with E-state index in [0.717, 1.165) is 30.8 Å². The van der Waals surface area contributed by atoms with E-state index in [0.29, 0.717) is 12.2 Å². The van der Waals surface area contributed by atoms with Crippen molar-refractivity contribution in [3.05, 3.63) is 17.5 Å². The van der Waals surface area contributed by atoms with E-state index in [1.54, 1.807) is 0 Å². The lowest BCUT2D eigenvalue weighted by Crippen LogP contribution is -2.17. The smallest absolute Gasteiger partial charge is 0.141 e. The predicted octanol–water partition coefficient (Wildman–Crippen LogP) is 2.76. The summed E-state index contributed by atoms with van der Waals surface area (Å²) < 4.78 is 1.93. The predicted molar refractivity (Wildman–Crippen MR) is 65.4 cm³/mol. The largest absolute Gasteiger partial charge is 0.299 e. The zero-order valence-electron chi connectivity index (χ0n) is 10.8. The lowest BCUT2D eigenvalue weighted by Gasteiger charge is -2.11. The zero-order chi connectivity index (χ0) is 12.1. The fourth-order valence-corrected chi connectivity index (χ4v) is 2.08. The Labute approximate surface area is 97.8 Å². The number of hydrogen-bond acceptors (Lipinski definition) is 2. The van der Waals surface area contributed by atoms with Crippen LogP contribution in [0.4, 0.5) is 0 Å². The first kappa shape index (κ1) is 12.9. The standard InChI is InChI=1S/C13H22N2O/c1-5-11(6-2)13(16)9-12-8-10(4)14-15(12)7-3/h8,11H,5-7,9H2,1-4H3. The molecule has 0 fully saturated rings. The van der Waals surface area contributed by atoms with Crippen molar-refractivity contribution >= 4 is 5.78 Å². The number of rotatable bonds is 6. The van der Waals surface area contributed by atoms with Gasteiger partial charge in [-0.25, -0.2) is 0 Å². The molecule has 0 N–H and O–H groups in total. The first-order valence-electron chi connectivity index (χ1n) is 6.18. The second-order valence-corrected chi connectivity index (χ2v) is 4.25. The molecular weight excluding hydrogens is 200 g/mol. The highest BCUT2D eigenvalue weighted by Gasteiger charge is 2.16. The van der Waals surface area contributed by atoms with Gasteiger partial charge in [0.2, 0.25) is 0 Å². The number of carbonyl (C=O) groups excluding carboxylic acids is 1. The topological polar surface area (TPSA) is 34.9 Å². The summed E-state index contributed by atoms with van der Waals surface area (Å²) in [6, 6.07) is 2.02. The second kappa shape index (κ2) is 5.83. The quantitative estimate of drug-likeness (QED) is 0.741. The fraction of sp³-hybridized carbons (Fsp3) is 0.692. The van der Waals surface area contributed by atoms with Crippen molar-refractivity contribution in [2.45, 2.75) is 53.5 Å². The van der Waals surface area contributed by atoms with Crippen molar-refractivity contribution in [3.63, 3.8) is 0 Å². The minimum Gasteiger partial charge on any atom is -0.299 e. The van der Waals surface area contributed by atoms with Crippen molar-refractivity contribution in [2.75, 3.05) is 0 Å². The van der Waals surface area contributed by atoms with Gasteiger partial charge >= 0.3 is 0 Å². The summed E-state index contributed by atoms with van der Waals surface area (Å²) in [6.07, 6.45) is 2.41. The summed E-state index contributed by atoms with van der Waals surface area (Å²) in [7, 11) is 0. The summed E-state index contributed by atoms with van der Waals surface area (Å²) in [6.45, 7) is 9.01. The molecule has 0 saturated carbocycles. The Morgan fingerprint density at radius 1 is 1.38 bits per heavy atom. The maximum absolute atomic E-state index is 12.0. The van der Waals surface area contributed by atoms with Crippen LogP contribution in [0, 0.1) is 12.8 Å². The summed E-state index contributed by atoms with van der Waals surface area (Å²) >= 11 is 0. The van der Waals surface area contributed by atoms with E-state index in [2.05, 4.69) is 25.9 Å². The van der Waals surface area contributed by atoms with Crippen LogP contribution in [-0.4, -0.2) is 15.6 Å². The van der Waals surface area contributed by atoms with Gasteiger partial charge in [-0.2, -0.15) is 5.10 Å². The van der Waals surface area contributed by atoms with Crippen LogP contribution >= 0.6 is 0 Å². The summed E-state index contributed by atoms with van der Waals surface area (Å²) in [5.74, 6) is 0.556. The molecule has 0 spiro atoms. The molecule has 1 heterocycles. The van der Waals surface area contributed by atoms with Crippen molar-refractivity contribution in [2.24, 2.45) is 5.92 Å². The highest BCUT2D eigenvalue weighted by atomic mass is 16.1. The van der Waals surface area contributed by atoms with Crippen LogP contribution in [0.1, 0.15) is 45.0 Å². The number of aryl methyl sites for hydroxylation is 2. The molecule has 0 aliphatic carbocycles. The molecule has 1 rings (SSSR count). The third-order valence-corrected chi connectivity index (χ3v) is 3.08. The van der Waals surface area contributed by atoms with Gasteiger partial charge in [0.25, 0.3) is 0 Å². The number of aromatic nitrogens is 2. The van der Waals surface area contributed by atoms with Gasteiger partial charge in [0.1, 0.15) is 5.78 Å². The maximum Gasteiger partial charge on any atom is 0.141 e. The van der Waals surface area contributed by atoms with Crippen LogP contribution in [-0.2, 0) is 17.8 Å². The molecule has 0 amide bonds. The molecule has 0 aliphatic heterocycles. The van der Waals surface area contributed by atoms with Gasteiger partial charge in [-0.3, -0.25) is 9.48 Å². The summed E-state index contributed by atoms with van der Waals surface area (Å²) in [4.78, 5) is 12.0. The Balaban J connectivity index is 2.75. The van der Waals surface area contributed by atoms with Crippen LogP contribution < -0.4 is 0 Å². The van der Waals surface area contributed by atoms with Crippen molar-refractivity contribution in [3.8, 4) is 0 Å². The average Bonchev–Trinajstić information content (AvgIpc) is 2.60. The van der Waals surface area contributed by atoms with Gasteiger partial charge in [-0.1, -0.05) is 13.8 Å². The van der Waals surface area contributed by atoms with Crippen LogP contribution in [0.5, 0.6) is 0 Å². The molecule has 0 radical (unpaired) electrons. The van der Waals surface area contributed by atoms with Gasteiger partial charge in [-0.05, 0) is 32.8 Å². The second-order valence-electron chi connectivity index (χ2n) is 4.25. The molecule has 3 heteroatoms. The lowest BCUT2D eigenvalue weighted by molar-refractivity contribution is -0.122. The number of Topliss-reactive ketones (excluding diaryl/α,β-unsaturated/α-hetero) is 1. The van der Waals surface area contributed by atoms with E-state index in [1.807, 2.05) is 17.7 Å². The summed E-state index contributed by atoms with van der Waals surface area (Å²) in [5, 5.41) is 4.36. The number of carbonyl (C=O) groups is 1. The van der Waals surface area contributed by atoms with Gasteiger partial charge in [0.15, 0.2) is 0 Å². The highest BCUT2D eigenvalue weighted by molar-refractivity contribution is 5.82. The first-order valence-corrected chi connectivity index (χ1v) is 6.18. The van der Waals surface area contributed by atoms with Crippen molar-refractivity contribution in [1.29, 1.82) is 0 Å². The molecule has 0 aliphatic rings. The Morgan fingerprint density at radius 3 is 2.50 bits per heavy atom. The van der Waals surface area contributed by atoms with Crippen LogP contribution in [0.2, 0.25) is 0 Å². The molecule has 0 aromatic carbocycles. The van der Waals surface area contributed by atoms with E-state index in [1.165, 1.54) is 0 Å². The number of hydrogen-bond donors (Lipinski definition) is 0. The lowest BCUT2D eigenvalue weighted by atomic mass is 9.95. The third-order valence-electron chi connectivity index (χ3n) is 3.08. The Bertz CT molecular complexity index is 351. The maximum atomic E-state index is 12.0. The number of ketones is 1. The van der Waals surface area contributed by atoms with Crippen molar-refractivity contribution < 1.29 is 4.79 Å². The SMILES string of the molecule is CCC(CC)C(=O)Cc1cc(C)nn1CC. The highest BCUT2D eigenvalue weighted by Crippen LogP contribution is 2.13. The van der Waals surface area contributed by atoms with Crippen molar-refractivity contribution in [1.82, 2.24) is 9.78 Å². The first-order chi connectivity index (χ1) is 7.62. The molecular formula is C13H22N2O. The van der Waals surface area contributed by atoms with Crippen LogP contribution in [0.15, 0.2) is 6.07 Å². The Kier molecular flexibility index (Phi) is 4.71. The molecule has 1 aromatic rings. The fourth-order valence-electron chi connectivity index (χ4n) is 2.08. The van der Waals surface area contributed by atoms with Crippen LogP contribution in [0.3, 0.4) is 0 Å². The molecule has 0 saturated heterocycles. The minimum atomic E-state index is 0.209. The minimum absolute atomic E-state index is 0.209. The van der Waals surface area contributed by atoms with E-state index < -0.39 is 0 Å². The number of nitrogens with zero attached hydrogens (tertiary/aromatic N) is 2. The summed E-state index contributed by atoms with van der Waals surface area (Å²) in [5.41, 5.74) is 2.05. The molecule has 0 bridgehead atoms. The third kappa shape index (κ3) is 2.94. The Morgan fingerprint density at radius 2 is 2.00 bits per heavy atom. The molecule has 16 heavy (non-hydrogen) atoms. The van der Waals surface area contributed by atoms with Crippen LogP contribution in [0.25, 0.3) is 0 Å². The Hall–Kier alpha value is -1.12. The van der Waals surface area contributed by atoms with Gasteiger partial charge < -0.3 is 0 Å². The molecule has 3 nitrogen and oxygen atoms in total. The van der Waals surface area contributed by atoms with Gasteiger partial charge in [0.05, 0.1) is 5.69 Å². The van der Waals surface area contributed by atoms with E-state index >= 15 is 0 Å². The van der Waals surface area contributed by atoms with Gasteiger partial charge in [-0.15, -0.1) is 0 Å². The van der Waals surface area contributed by atoms with E-state index in [4.69, 9.17) is 0 Å². The molecule has 90 valence electrons. The average molecular weight is 222 g/mol. The molecule has 1 aromatic heterocycles. The van der Waals surface area contributed by atoms with Gasteiger partial charge in [0, 0.05) is 24.6 Å².